The van der Waals surface area contributed by atoms with E-state index in [2.05, 4.69) is 16.0 Å². The third-order valence-corrected chi connectivity index (χ3v) is 5.49. The monoisotopic (exact) mass is 520 g/mol. The number of rotatable bonds is 19. The Hall–Kier alpha value is -2.91. The summed E-state index contributed by atoms with van der Waals surface area (Å²) in [6.07, 6.45) is 1.91. The molecule has 35 heavy (non-hydrogen) atoms. The average molecular weight is 521 g/mol. The molecule has 0 radical (unpaired) electrons. The number of carboxylic acid groups (broad SMARTS) is 2. The van der Waals surface area contributed by atoms with Crippen LogP contribution < -0.4 is 33.2 Å². The third-order valence-electron chi connectivity index (χ3n) is 4.85. The van der Waals surface area contributed by atoms with Gasteiger partial charge in [0, 0.05) is 6.42 Å². The SMILES string of the molecule is CSCCC(NC(=O)C(N)CC(=O)O)C(=O)NC(CCC(N)=O)C(=O)NC(CCCCN)C(=O)O. The Balaban J connectivity index is 5.50. The van der Waals surface area contributed by atoms with Crippen molar-refractivity contribution in [3.8, 4) is 0 Å². The van der Waals surface area contributed by atoms with E-state index in [1.807, 2.05) is 0 Å². The van der Waals surface area contributed by atoms with Crippen LogP contribution in [0.3, 0.4) is 0 Å². The molecule has 0 aliphatic heterocycles. The number of aliphatic carboxylic acids is 2. The van der Waals surface area contributed by atoms with Gasteiger partial charge in [-0.15, -0.1) is 0 Å². The van der Waals surface area contributed by atoms with Gasteiger partial charge in [0.1, 0.15) is 18.1 Å². The second-order valence-corrected chi connectivity index (χ2v) is 8.78. The van der Waals surface area contributed by atoms with Crippen molar-refractivity contribution < 1.29 is 39.0 Å². The normalized spacial score (nSPS) is 14.1. The maximum atomic E-state index is 12.9. The Bertz CT molecular complexity index is 753. The summed E-state index contributed by atoms with van der Waals surface area (Å²) in [5, 5.41) is 25.3. The van der Waals surface area contributed by atoms with Gasteiger partial charge in [-0.1, -0.05) is 0 Å². The predicted octanol–water partition coefficient (Wildman–Crippen LogP) is -2.52. The van der Waals surface area contributed by atoms with Gasteiger partial charge in [-0.3, -0.25) is 24.0 Å². The summed E-state index contributed by atoms with van der Waals surface area (Å²) < 4.78 is 0. The minimum atomic E-state index is -1.39. The van der Waals surface area contributed by atoms with Crippen LogP contribution in [0.25, 0.3) is 0 Å². The topological polar surface area (TPSA) is 257 Å². The average Bonchev–Trinajstić information content (AvgIpc) is 2.77. The minimum absolute atomic E-state index is 0.114. The Morgan fingerprint density at radius 1 is 0.829 bits per heavy atom. The molecule has 15 heteroatoms. The van der Waals surface area contributed by atoms with E-state index in [-0.39, 0.29) is 25.7 Å². The molecule has 4 unspecified atom stereocenters. The number of unbranched alkanes of at least 4 members (excludes halogenated alkanes) is 1. The molecule has 0 aromatic heterocycles. The van der Waals surface area contributed by atoms with E-state index < -0.39 is 66.2 Å². The minimum Gasteiger partial charge on any atom is -0.481 e. The highest BCUT2D eigenvalue weighted by molar-refractivity contribution is 7.98. The lowest BCUT2D eigenvalue weighted by atomic mass is 10.1. The molecule has 14 nitrogen and oxygen atoms in total. The van der Waals surface area contributed by atoms with E-state index in [9.17, 15) is 33.9 Å². The van der Waals surface area contributed by atoms with Crippen molar-refractivity contribution in [3.05, 3.63) is 0 Å². The van der Waals surface area contributed by atoms with E-state index in [4.69, 9.17) is 22.3 Å². The van der Waals surface area contributed by atoms with Crippen molar-refractivity contribution in [1.82, 2.24) is 16.0 Å². The number of nitrogens with two attached hydrogens (primary N) is 3. The van der Waals surface area contributed by atoms with Crippen LogP contribution in [0.1, 0.15) is 44.9 Å². The molecule has 0 fully saturated rings. The van der Waals surface area contributed by atoms with Crippen molar-refractivity contribution in [2.24, 2.45) is 17.2 Å². The maximum Gasteiger partial charge on any atom is 0.326 e. The van der Waals surface area contributed by atoms with E-state index in [1.165, 1.54) is 11.8 Å². The van der Waals surface area contributed by atoms with Gasteiger partial charge in [0.25, 0.3) is 0 Å². The van der Waals surface area contributed by atoms with E-state index >= 15 is 0 Å². The molecule has 11 N–H and O–H groups in total. The highest BCUT2D eigenvalue weighted by Crippen LogP contribution is 2.07. The summed E-state index contributed by atoms with van der Waals surface area (Å²) in [6.45, 7) is 0.358. The van der Waals surface area contributed by atoms with Gasteiger partial charge in [0.2, 0.25) is 23.6 Å². The summed E-state index contributed by atoms with van der Waals surface area (Å²) in [5.74, 6) is -5.34. The lowest BCUT2D eigenvalue weighted by molar-refractivity contribution is -0.142. The highest BCUT2D eigenvalue weighted by atomic mass is 32.2. The molecule has 0 bridgehead atoms. The molecule has 0 saturated heterocycles. The fourth-order valence-corrected chi connectivity index (χ4v) is 3.39. The largest absolute Gasteiger partial charge is 0.481 e. The Kier molecular flexibility index (Phi) is 16.1. The molecule has 0 aliphatic rings. The van der Waals surface area contributed by atoms with Gasteiger partial charge < -0.3 is 43.4 Å². The van der Waals surface area contributed by atoms with Gasteiger partial charge in [-0.2, -0.15) is 11.8 Å². The van der Waals surface area contributed by atoms with Crippen LogP contribution in [-0.4, -0.2) is 88.5 Å². The summed E-state index contributed by atoms with van der Waals surface area (Å²) in [4.78, 5) is 71.5. The zero-order valence-electron chi connectivity index (χ0n) is 19.7. The molecule has 200 valence electrons. The lowest BCUT2D eigenvalue weighted by Crippen LogP contribution is -2.57. The molecular weight excluding hydrogens is 484 g/mol. The van der Waals surface area contributed by atoms with E-state index in [0.29, 0.717) is 25.1 Å². The summed E-state index contributed by atoms with van der Waals surface area (Å²) in [7, 11) is 0. The molecule has 0 aliphatic carbocycles. The molecule has 4 amide bonds. The van der Waals surface area contributed by atoms with Crippen LogP contribution in [-0.2, 0) is 28.8 Å². The summed E-state index contributed by atoms with van der Waals surface area (Å²) in [6, 6.07) is -5.09. The van der Waals surface area contributed by atoms with Crippen LogP contribution >= 0.6 is 11.8 Å². The van der Waals surface area contributed by atoms with Crippen LogP contribution in [0.4, 0.5) is 0 Å². The number of hydrogen-bond donors (Lipinski definition) is 8. The molecule has 0 rings (SSSR count). The number of carboxylic acids is 2. The first-order valence-corrected chi connectivity index (χ1v) is 12.4. The van der Waals surface area contributed by atoms with Gasteiger partial charge in [0.05, 0.1) is 12.5 Å². The number of hydrogen-bond acceptors (Lipinski definition) is 9. The molecular formula is C20H36N6O8S. The van der Waals surface area contributed by atoms with Crippen molar-refractivity contribution >= 4 is 47.3 Å². The maximum absolute atomic E-state index is 12.9. The fraction of sp³-hybridized carbons (Fsp3) is 0.700. The highest BCUT2D eigenvalue weighted by Gasteiger charge is 2.30. The van der Waals surface area contributed by atoms with Crippen LogP contribution in [0.5, 0.6) is 0 Å². The lowest BCUT2D eigenvalue weighted by Gasteiger charge is -2.25. The first-order chi connectivity index (χ1) is 16.4. The number of thioether (sulfide) groups is 1. The van der Waals surface area contributed by atoms with Crippen molar-refractivity contribution in [2.75, 3.05) is 18.6 Å². The Morgan fingerprint density at radius 2 is 1.37 bits per heavy atom. The van der Waals surface area contributed by atoms with Crippen LogP contribution in [0.15, 0.2) is 0 Å². The third kappa shape index (κ3) is 14.2. The zero-order chi connectivity index (χ0) is 27.0. The van der Waals surface area contributed by atoms with Crippen LogP contribution in [0.2, 0.25) is 0 Å². The number of nitrogens with one attached hydrogen (secondary N) is 3. The molecule has 0 spiro atoms. The first kappa shape index (κ1) is 32.1. The smallest absolute Gasteiger partial charge is 0.326 e. The van der Waals surface area contributed by atoms with Crippen molar-refractivity contribution in [2.45, 2.75) is 69.1 Å². The quantitative estimate of drug-likeness (QED) is 0.0824. The molecule has 0 aromatic carbocycles. The fourth-order valence-electron chi connectivity index (χ4n) is 2.91. The van der Waals surface area contributed by atoms with E-state index in [1.54, 1.807) is 6.26 Å². The molecule has 0 heterocycles. The second-order valence-electron chi connectivity index (χ2n) is 7.80. The summed E-state index contributed by atoms with van der Waals surface area (Å²) in [5.41, 5.74) is 16.1. The Morgan fingerprint density at radius 3 is 1.86 bits per heavy atom. The zero-order valence-corrected chi connectivity index (χ0v) is 20.5. The molecule has 0 aromatic rings. The number of amides is 4. The number of primary amides is 1. The predicted molar refractivity (Wildman–Crippen MR) is 128 cm³/mol. The van der Waals surface area contributed by atoms with Crippen molar-refractivity contribution in [1.29, 1.82) is 0 Å². The molecule has 4 atom stereocenters. The first-order valence-electron chi connectivity index (χ1n) is 11.0. The number of carbonyl (C=O) groups excluding carboxylic acids is 4. The molecule has 0 saturated carbocycles. The summed E-state index contributed by atoms with van der Waals surface area (Å²) >= 11 is 1.38. The van der Waals surface area contributed by atoms with Gasteiger partial charge in [-0.25, -0.2) is 4.79 Å². The van der Waals surface area contributed by atoms with Gasteiger partial charge >= 0.3 is 11.9 Å². The van der Waals surface area contributed by atoms with Crippen molar-refractivity contribution in [3.63, 3.8) is 0 Å². The Labute approximate surface area is 207 Å². The number of carbonyl (C=O) groups is 6. The standard InChI is InChI=1S/C20H36N6O8S/c1-35-9-7-13(24-17(30)11(22)10-16(28)29)19(32)25-12(5-6-15(23)27)18(31)26-14(20(33)34)4-2-3-8-21/h11-14H,2-10,21-22H2,1H3,(H2,23,27)(H,24,30)(H,25,32)(H,26,31)(H,28,29)(H,33,34). The second kappa shape index (κ2) is 17.5. The van der Waals surface area contributed by atoms with Gasteiger partial charge in [0.15, 0.2) is 0 Å². The van der Waals surface area contributed by atoms with E-state index in [0.717, 1.165) is 0 Å². The van der Waals surface area contributed by atoms with Gasteiger partial charge in [-0.05, 0) is 50.7 Å². The van der Waals surface area contributed by atoms with Crippen LogP contribution in [0, 0.1) is 0 Å².